The van der Waals surface area contributed by atoms with Gasteiger partial charge in [-0.25, -0.2) is 0 Å². The number of aryl methyl sites for hydroxylation is 1. The molecular weight excluding hydrogens is 320 g/mol. The first-order valence-corrected chi connectivity index (χ1v) is 8.50. The van der Waals surface area contributed by atoms with Crippen molar-refractivity contribution < 1.29 is 14.3 Å². The van der Waals surface area contributed by atoms with Crippen LogP contribution < -0.4 is 5.32 Å². The number of amides is 1. The molecule has 1 saturated heterocycles. The van der Waals surface area contributed by atoms with Crippen molar-refractivity contribution in [1.29, 1.82) is 0 Å². The molecular formula is C18H20N4O3. The first kappa shape index (κ1) is 16.0. The van der Waals surface area contributed by atoms with Crippen molar-refractivity contribution in [2.24, 2.45) is 0 Å². The maximum atomic E-state index is 12.3. The molecule has 7 nitrogen and oxygen atoms in total. The molecule has 2 aromatic heterocycles. The quantitative estimate of drug-likeness (QED) is 0.824. The molecule has 0 bridgehead atoms. The van der Waals surface area contributed by atoms with Gasteiger partial charge in [-0.05, 0) is 18.6 Å². The van der Waals surface area contributed by atoms with Gasteiger partial charge in [-0.2, -0.15) is 0 Å². The molecule has 0 aromatic carbocycles. The lowest BCUT2D eigenvalue weighted by Crippen LogP contribution is -2.49. The normalized spacial score (nSPS) is 25.0. The Morgan fingerprint density at radius 3 is 3.04 bits per heavy atom. The summed E-state index contributed by atoms with van der Waals surface area (Å²) in [5.74, 6) is 0.761. The maximum Gasteiger partial charge on any atom is 0.251 e. The largest absolute Gasteiger partial charge is 0.368 e. The van der Waals surface area contributed by atoms with Crippen molar-refractivity contribution in [2.75, 3.05) is 13.2 Å². The standard InChI is InChI=1S/C18H20N4O3/c23-18(15-12-24-13-6-1-2-7-14(13)25-15)19-10-5-9-17-21-20-16-8-3-4-11-22(16)17/h1-4,6-8,11,13-15H,5,9-10,12H2,(H,19,23). The number of rotatable bonds is 5. The van der Waals surface area contributed by atoms with E-state index in [0.29, 0.717) is 6.54 Å². The van der Waals surface area contributed by atoms with Crippen LogP contribution in [0.25, 0.3) is 5.65 Å². The Morgan fingerprint density at radius 2 is 2.12 bits per heavy atom. The zero-order valence-electron chi connectivity index (χ0n) is 13.7. The van der Waals surface area contributed by atoms with Gasteiger partial charge < -0.3 is 14.8 Å². The summed E-state index contributed by atoms with van der Waals surface area (Å²) in [4.78, 5) is 12.3. The number of hydrogen-bond donors (Lipinski definition) is 1. The minimum Gasteiger partial charge on any atom is -0.368 e. The van der Waals surface area contributed by atoms with Gasteiger partial charge in [-0.1, -0.05) is 30.4 Å². The summed E-state index contributed by atoms with van der Waals surface area (Å²) in [5, 5.41) is 11.2. The zero-order chi connectivity index (χ0) is 17.1. The number of pyridine rings is 1. The van der Waals surface area contributed by atoms with Gasteiger partial charge in [0.25, 0.3) is 5.91 Å². The number of fused-ring (bicyclic) bond motifs is 2. The smallest absolute Gasteiger partial charge is 0.251 e. The van der Waals surface area contributed by atoms with Crippen molar-refractivity contribution in [3.63, 3.8) is 0 Å². The van der Waals surface area contributed by atoms with E-state index in [0.717, 1.165) is 24.3 Å². The van der Waals surface area contributed by atoms with E-state index >= 15 is 0 Å². The molecule has 3 unspecified atom stereocenters. The van der Waals surface area contributed by atoms with Crippen LogP contribution in [0.2, 0.25) is 0 Å². The van der Waals surface area contributed by atoms with Crippen LogP contribution in [0, 0.1) is 0 Å². The van der Waals surface area contributed by atoms with Gasteiger partial charge in [0.05, 0.1) is 6.61 Å². The Bertz CT molecular complexity index is 814. The third-order valence-corrected chi connectivity index (χ3v) is 4.35. The third-order valence-electron chi connectivity index (χ3n) is 4.35. The van der Waals surface area contributed by atoms with Crippen molar-refractivity contribution >= 4 is 11.6 Å². The van der Waals surface area contributed by atoms with E-state index < -0.39 is 6.10 Å². The van der Waals surface area contributed by atoms with Crippen LogP contribution in [0.5, 0.6) is 0 Å². The predicted octanol–water partition coefficient (Wildman–Crippen LogP) is 1.06. The second kappa shape index (κ2) is 7.16. The van der Waals surface area contributed by atoms with E-state index in [1.807, 2.05) is 53.1 Å². The number of aromatic nitrogens is 3. The van der Waals surface area contributed by atoms with Gasteiger partial charge in [-0.3, -0.25) is 9.20 Å². The summed E-state index contributed by atoms with van der Waals surface area (Å²) in [6.45, 7) is 0.838. The minimum absolute atomic E-state index is 0.0877. The summed E-state index contributed by atoms with van der Waals surface area (Å²) in [5.41, 5.74) is 0.832. The molecule has 2 aromatic rings. The number of allylic oxidation sites excluding steroid dienone is 2. The van der Waals surface area contributed by atoms with E-state index in [1.54, 1.807) is 0 Å². The second-order valence-corrected chi connectivity index (χ2v) is 6.10. The molecule has 1 fully saturated rings. The van der Waals surface area contributed by atoms with Gasteiger partial charge in [0, 0.05) is 19.2 Å². The highest BCUT2D eigenvalue weighted by Crippen LogP contribution is 2.20. The molecule has 0 radical (unpaired) electrons. The first-order chi connectivity index (χ1) is 12.3. The summed E-state index contributed by atoms with van der Waals surface area (Å²) in [6, 6.07) is 5.80. The molecule has 130 valence electrons. The van der Waals surface area contributed by atoms with Crippen LogP contribution in [0.3, 0.4) is 0 Å². The predicted molar refractivity (Wildman–Crippen MR) is 91.0 cm³/mol. The minimum atomic E-state index is -0.564. The van der Waals surface area contributed by atoms with E-state index in [9.17, 15) is 4.79 Å². The van der Waals surface area contributed by atoms with Gasteiger partial charge in [0.2, 0.25) is 0 Å². The summed E-state index contributed by atoms with van der Waals surface area (Å²) in [6.07, 6.45) is 10.3. The fraction of sp³-hybridized carbons (Fsp3) is 0.389. The molecule has 3 atom stereocenters. The Kier molecular flexibility index (Phi) is 4.58. The number of hydrogen-bond acceptors (Lipinski definition) is 5. The Labute approximate surface area is 145 Å². The van der Waals surface area contributed by atoms with Gasteiger partial charge in [0.15, 0.2) is 11.8 Å². The van der Waals surface area contributed by atoms with Crippen molar-refractivity contribution in [2.45, 2.75) is 31.2 Å². The molecule has 25 heavy (non-hydrogen) atoms. The molecule has 1 aliphatic carbocycles. The highest BCUT2D eigenvalue weighted by Gasteiger charge is 2.33. The number of carbonyl (C=O) groups is 1. The summed E-state index contributed by atoms with van der Waals surface area (Å²) in [7, 11) is 0. The SMILES string of the molecule is O=C(NCCCc1nnc2ccccn12)C1COC2C=CC=CC2O1. The third kappa shape index (κ3) is 3.47. The van der Waals surface area contributed by atoms with Gasteiger partial charge >= 0.3 is 0 Å². The Balaban J connectivity index is 1.24. The van der Waals surface area contributed by atoms with Gasteiger partial charge in [-0.15, -0.1) is 10.2 Å². The number of nitrogens with one attached hydrogen (secondary N) is 1. The molecule has 0 saturated carbocycles. The second-order valence-electron chi connectivity index (χ2n) is 6.10. The molecule has 7 heteroatoms. The molecule has 1 N–H and O–H groups in total. The molecule has 1 aliphatic heterocycles. The highest BCUT2D eigenvalue weighted by atomic mass is 16.6. The average Bonchev–Trinajstić information content (AvgIpc) is 3.08. The van der Waals surface area contributed by atoms with E-state index in [4.69, 9.17) is 9.47 Å². The van der Waals surface area contributed by atoms with Crippen LogP contribution in [-0.2, 0) is 20.7 Å². The monoisotopic (exact) mass is 340 g/mol. The van der Waals surface area contributed by atoms with Crippen LogP contribution in [-0.4, -0.2) is 52.0 Å². The Morgan fingerprint density at radius 1 is 1.24 bits per heavy atom. The van der Waals surface area contributed by atoms with E-state index in [-0.39, 0.29) is 24.7 Å². The zero-order valence-corrected chi connectivity index (χ0v) is 13.7. The lowest BCUT2D eigenvalue weighted by molar-refractivity contribution is -0.168. The van der Waals surface area contributed by atoms with Gasteiger partial charge in [0.1, 0.15) is 18.0 Å². The number of nitrogens with zero attached hydrogens (tertiary/aromatic N) is 3. The van der Waals surface area contributed by atoms with Crippen molar-refractivity contribution in [1.82, 2.24) is 19.9 Å². The topological polar surface area (TPSA) is 77.8 Å². The fourth-order valence-corrected chi connectivity index (χ4v) is 3.04. The lowest BCUT2D eigenvalue weighted by atomic mass is 10.1. The van der Waals surface area contributed by atoms with E-state index in [1.165, 1.54) is 0 Å². The van der Waals surface area contributed by atoms with Crippen LogP contribution in [0.15, 0.2) is 48.7 Å². The molecule has 2 aliphatic rings. The molecule has 3 heterocycles. The first-order valence-electron chi connectivity index (χ1n) is 8.50. The van der Waals surface area contributed by atoms with Crippen LogP contribution in [0.1, 0.15) is 12.2 Å². The van der Waals surface area contributed by atoms with Crippen molar-refractivity contribution in [3.8, 4) is 0 Å². The summed E-state index contributed by atoms with van der Waals surface area (Å²) >= 11 is 0. The molecule has 0 spiro atoms. The Hall–Kier alpha value is -2.51. The van der Waals surface area contributed by atoms with Crippen LogP contribution in [0.4, 0.5) is 0 Å². The molecule has 4 rings (SSSR count). The fourth-order valence-electron chi connectivity index (χ4n) is 3.04. The van der Waals surface area contributed by atoms with E-state index in [2.05, 4.69) is 15.5 Å². The van der Waals surface area contributed by atoms with Crippen LogP contribution >= 0.6 is 0 Å². The maximum absolute atomic E-state index is 12.3. The highest BCUT2D eigenvalue weighted by molar-refractivity contribution is 5.81. The lowest BCUT2D eigenvalue weighted by Gasteiger charge is -2.34. The van der Waals surface area contributed by atoms with Crippen molar-refractivity contribution in [3.05, 3.63) is 54.5 Å². The number of carbonyl (C=O) groups excluding carboxylic acids is 1. The average molecular weight is 340 g/mol. The molecule has 1 amide bonds. The number of ether oxygens (including phenoxy) is 2. The summed E-state index contributed by atoms with van der Waals surface area (Å²) < 4.78 is 13.5.